The minimum atomic E-state index is -1.41. The Balaban J connectivity index is 1.59. The van der Waals surface area contributed by atoms with Crippen LogP contribution in [0, 0.1) is 35.5 Å². The SMILES string of the molecule is COC1=C(C(=O)O)C(C)C23OC24c2cc(O)c5c(c2NC3C#CC=CC#CC14)C(=O)c1c(O)ccc(O)c1C5=O. The van der Waals surface area contributed by atoms with Gasteiger partial charge in [0.2, 0.25) is 11.6 Å². The third-order valence-electron chi connectivity index (χ3n) is 8.53. The molecule has 0 spiro atoms. The van der Waals surface area contributed by atoms with Crippen molar-refractivity contribution in [2.45, 2.75) is 24.2 Å². The summed E-state index contributed by atoms with van der Waals surface area (Å²) in [5.74, 6) is 5.71. The number of carbonyl (C=O) groups is 3. The van der Waals surface area contributed by atoms with Gasteiger partial charge in [0.05, 0.1) is 40.6 Å². The number of methoxy groups -OCH3 is 1. The van der Waals surface area contributed by atoms with Gasteiger partial charge in [-0.1, -0.05) is 30.6 Å². The van der Waals surface area contributed by atoms with Crippen LogP contribution in [-0.4, -0.2) is 56.7 Å². The molecule has 1 saturated heterocycles. The molecule has 10 heteroatoms. The largest absolute Gasteiger partial charge is 0.507 e. The van der Waals surface area contributed by atoms with Crippen molar-refractivity contribution in [2.24, 2.45) is 11.8 Å². The maximum Gasteiger partial charge on any atom is 0.335 e. The van der Waals surface area contributed by atoms with Crippen LogP contribution in [0.4, 0.5) is 5.69 Å². The van der Waals surface area contributed by atoms with Crippen molar-refractivity contribution in [1.29, 1.82) is 0 Å². The molecule has 5 unspecified atom stereocenters. The van der Waals surface area contributed by atoms with Gasteiger partial charge in [-0.05, 0) is 30.4 Å². The zero-order valence-electron chi connectivity index (χ0n) is 20.9. The summed E-state index contributed by atoms with van der Waals surface area (Å²) < 4.78 is 12.2. The van der Waals surface area contributed by atoms with E-state index in [-0.39, 0.29) is 33.7 Å². The molecule has 2 aromatic rings. The van der Waals surface area contributed by atoms with Gasteiger partial charge in [0.15, 0.2) is 0 Å². The zero-order chi connectivity index (χ0) is 28.3. The van der Waals surface area contributed by atoms with Crippen molar-refractivity contribution in [2.75, 3.05) is 12.4 Å². The average molecular weight is 537 g/mol. The van der Waals surface area contributed by atoms with Crippen LogP contribution in [0.3, 0.4) is 0 Å². The zero-order valence-corrected chi connectivity index (χ0v) is 20.9. The summed E-state index contributed by atoms with van der Waals surface area (Å²) in [5, 5.41) is 45.5. The first-order valence-electron chi connectivity index (χ1n) is 12.3. The van der Waals surface area contributed by atoms with Gasteiger partial charge >= 0.3 is 5.97 Å². The van der Waals surface area contributed by atoms with Crippen molar-refractivity contribution < 1.29 is 44.3 Å². The number of epoxide rings is 1. The average Bonchev–Trinajstić information content (AvgIpc) is 3.64. The first-order chi connectivity index (χ1) is 19.1. The summed E-state index contributed by atoms with van der Waals surface area (Å²) in [4.78, 5) is 40.0. The van der Waals surface area contributed by atoms with Crippen molar-refractivity contribution in [3.8, 4) is 40.9 Å². The monoisotopic (exact) mass is 537 g/mol. The number of anilines is 1. The van der Waals surface area contributed by atoms with E-state index >= 15 is 0 Å². The molecule has 3 aliphatic carbocycles. The molecule has 0 amide bonds. The number of benzene rings is 2. The van der Waals surface area contributed by atoms with Crippen molar-refractivity contribution in [3.05, 3.63) is 69.5 Å². The van der Waals surface area contributed by atoms with Gasteiger partial charge in [-0.3, -0.25) is 9.59 Å². The highest BCUT2D eigenvalue weighted by Gasteiger charge is 2.85. The molecule has 5 aliphatic rings. The van der Waals surface area contributed by atoms with Gasteiger partial charge in [-0.25, -0.2) is 4.79 Å². The summed E-state index contributed by atoms with van der Waals surface area (Å²) in [6.07, 6.45) is 3.04. The number of carbonyl (C=O) groups excluding carboxylic acids is 2. The van der Waals surface area contributed by atoms with Crippen LogP contribution >= 0.6 is 0 Å². The van der Waals surface area contributed by atoms with E-state index in [9.17, 15) is 34.8 Å². The summed E-state index contributed by atoms with van der Waals surface area (Å²) >= 11 is 0. The van der Waals surface area contributed by atoms with E-state index in [1.54, 1.807) is 6.92 Å². The third kappa shape index (κ3) is 2.48. The molecule has 0 saturated carbocycles. The lowest BCUT2D eigenvalue weighted by Crippen LogP contribution is -2.55. The maximum atomic E-state index is 13.9. The lowest BCUT2D eigenvalue weighted by molar-refractivity contribution is -0.134. The summed E-state index contributed by atoms with van der Waals surface area (Å²) in [7, 11) is 1.34. The molecule has 0 aromatic heterocycles. The van der Waals surface area contributed by atoms with Crippen molar-refractivity contribution >= 4 is 23.2 Å². The lowest BCUT2D eigenvalue weighted by atomic mass is 9.59. The molecule has 2 aliphatic heterocycles. The molecule has 0 radical (unpaired) electrons. The van der Waals surface area contributed by atoms with Crippen LogP contribution in [0.25, 0.3) is 0 Å². The van der Waals surface area contributed by atoms with E-state index in [1.807, 2.05) is 0 Å². The summed E-state index contributed by atoms with van der Waals surface area (Å²) in [6.45, 7) is 1.68. The van der Waals surface area contributed by atoms with Crippen molar-refractivity contribution in [1.82, 2.24) is 0 Å². The fraction of sp³-hybridized carbons (Fsp3) is 0.233. The first kappa shape index (κ1) is 23.9. The molecule has 2 heterocycles. The predicted octanol–water partition coefficient (Wildman–Crippen LogP) is 2.16. The number of aliphatic carboxylic acids is 1. The number of allylic oxidation sites excluding steroid dienone is 2. The third-order valence-corrected chi connectivity index (χ3v) is 8.53. The number of nitrogens with one attached hydrogen (secondary N) is 1. The second-order valence-corrected chi connectivity index (χ2v) is 10.1. The van der Waals surface area contributed by atoms with E-state index in [1.165, 1.54) is 25.3 Å². The second-order valence-electron chi connectivity index (χ2n) is 10.1. The molecule has 198 valence electrons. The van der Waals surface area contributed by atoms with Crippen LogP contribution in [0.1, 0.15) is 44.3 Å². The molecule has 40 heavy (non-hydrogen) atoms. The van der Waals surface area contributed by atoms with E-state index < -0.39 is 75.0 Å². The summed E-state index contributed by atoms with van der Waals surface area (Å²) in [5.41, 5.74) is -3.72. The van der Waals surface area contributed by atoms with Crippen LogP contribution in [-0.2, 0) is 19.9 Å². The Hall–Kier alpha value is -5.19. The van der Waals surface area contributed by atoms with Gasteiger partial charge in [-0.2, -0.15) is 0 Å². The highest BCUT2D eigenvalue weighted by Crippen LogP contribution is 2.74. The number of phenolic OH excluding ortho intramolecular Hbond substituents is 3. The molecule has 4 bridgehead atoms. The number of fused-ring (bicyclic) bond motifs is 4. The lowest BCUT2D eigenvalue weighted by Gasteiger charge is -2.43. The quantitative estimate of drug-likeness (QED) is 0.186. The Morgan fingerprint density at radius 1 is 0.975 bits per heavy atom. The normalized spacial score (nSPS) is 29.7. The number of hydrogen-bond acceptors (Lipinski definition) is 9. The van der Waals surface area contributed by atoms with Crippen LogP contribution < -0.4 is 5.32 Å². The second kappa shape index (κ2) is 7.47. The van der Waals surface area contributed by atoms with Gasteiger partial charge < -0.3 is 35.2 Å². The fourth-order valence-electron chi connectivity index (χ4n) is 6.93. The van der Waals surface area contributed by atoms with Crippen molar-refractivity contribution in [3.63, 3.8) is 0 Å². The van der Waals surface area contributed by atoms with E-state index in [2.05, 4.69) is 29.0 Å². The number of rotatable bonds is 2. The van der Waals surface area contributed by atoms with Gasteiger partial charge in [0, 0.05) is 11.5 Å². The Kier molecular flexibility index (Phi) is 4.46. The van der Waals surface area contributed by atoms with Crippen LogP contribution in [0.2, 0.25) is 0 Å². The molecule has 7 rings (SSSR count). The molecule has 10 nitrogen and oxygen atoms in total. The van der Waals surface area contributed by atoms with Gasteiger partial charge in [-0.15, -0.1) is 0 Å². The molecular formula is C30H19NO9. The highest BCUT2D eigenvalue weighted by molar-refractivity contribution is 6.33. The molecule has 5 atom stereocenters. The Bertz CT molecular complexity index is 1850. The summed E-state index contributed by atoms with van der Waals surface area (Å²) in [6, 6.07) is 2.60. The highest BCUT2D eigenvalue weighted by atomic mass is 16.6. The first-order valence-corrected chi connectivity index (χ1v) is 12.3. The van der Waals surface area contributed by atoms with E-state index in [0.717, 1.165) is 12.1 Å². The number of ketones is 2. The number of carboxylic acid groups (broad SMARTS) is 1. The number of ether oxygens (including phenoxy) is 2. The molecule has 5 N–H and O–H groups in total. The number of carboxylic acids is 1. The Morgan fingerprint density at radius 3 is 2.20 bits per heavy atom. The minimum absolute atomic E-state index is 0.0284. The molecule has 1 fully saturated rings. The molecule has 2 aromatic carbocycles. The predicted molar refractivity (Wildman–Crippen MR) is 137 cm³/mol. The maximum absolute atomic E-state index is 13.9. The van der Waals surface area contributed by atoms with Crippen LogP contribution in [0.15, 0.2) is 41.7 Å². The van der Waals surface area contributed by atoms with Gasteiger partial charge in [0.1, 0.15) is 46.2 Å². The minimum Gasteiger partial charge on any atom is -0.507 e. The standard InChI is InChI=1S/C30H19NO9/c1-12-19(28(37)38)27(39-2)13-7-5-3-4-6-8-18-29(12)30(13,40-29)14-11-17(34)22-23(24(14)31-18)26(36)21-16(33)10-9-15(32)20(21)25(22)35/h3-4,9-13,18,31-34H,1-2H3,(H,37,38). The topological polar surface area (TPSA) is 166 Å². The molecular weight excluding hydrogens is 518 g/mol. The van der Waals surface area contributed by atoms with Crippen LogP contribution in [0.5, 0.6) is 17.2 Å². The number of hydrogen-bond donors (Lipinski definition) is 5. The number of aromatic hydroxyl groups is 3. The van der Waals surface area contributed by atoms with E-state index in [0.29, 0.717) is 0 Å². The smallest absolute Gasteiger partial charge is 0.335 e. The fourth-order valence-corrected chi connectivity index (χ4v) is 6.93. The van der Waals surface area contributed by atoms with Gasteiger partial charge in [0.25, 0.3) is 0 Å². The van der Waals surface area contributed by atoms with E-state index in [4.69, 9.17) is 9.47 Å². The Morgan fingerprint density at radius 2 is 1.57 bits per heavy atom. The number of phenols is 3. The Labute approximate surface area is 226 Å².